The number of pyridine rings is 1. The van der Waals surface area contributed by atoms with Gasteiger partial charge in [-0.3, -0.25) is 4.98 Å². The van der Waals surface area contributed by atoms with E-state index in [0.29, 0.717) is 21.1 Å². The molecule has 35 heavy (non-hydrogen) atoms. The first-order chi connectivity index (χ1) is 16.6. The summed E-state index contributed by atoms with van der Waals surface area (Å²) in [6.07, 6.45) is 2.93. The smallest absolute Gasteiger partial charge is 0.430 e. The maximum Gasteiger partial charge on any atom is 0.430 e. The summed E-state index contributed by atoms with van der Waals surface area (Å²) in [5, 5.41) is 0. The van der Waals surface area contributed by atoms with Crippen molar-refractivity contribution in [3.63, 3.8) is 0 Å². The van der Waals surface area contributed by atoms with Crippen LogP contribution in [0.15, 0.2) is 53.8 Å². The minimum absolute atomic E-state index is 0.00974. The van der Waals surface area contributed by atoms with Gasteiger partial charge < -0.3 is 14.4 Å². The first kappa shape index (κ1) is 25.9. The second kappa shape index (κ2) is 10.7. The molecule has 0 saturated carbocycles. The molecule has 0 N–H and O–H groups in total. The van der Waals surface area contributed by atoms with Crippen LogP contribution in [0.25, 0.3) is 11.1 Å². The fourth-order valence-electron chi connectivity index (χ4n) is 3.32. The number of carbonyl (C=O) groups excluding carboxylic acids is 1. The quantitative estimate of drug-likeness (QED) is 0.455. The maximum atomic E-state index is 14.1. The molecule has 0 unspecified atom stereocenters. The number of benzene rings is 1. The molecule has 1 aromatic carbocycles. The van der Waals surface area contributed by atoms with Gasteiger partial charge in [0.25, 0.3) is 15.9 Å². The third-order valence-electron chi connectivity index (χ3n) is 4.91. The molecule has 2 aromatic heterocycles. The Hall–Kier alpha value is -3.73. The highest BCUT2D eigenvalue weighted by Crippen LogP contribution is 2.37. The molecule has 2 heterocycles. The van der Waals surface area contributed by atoms with Crippen molar-refractivity contribution in [2.75, 3.05) is 37.0 Å². The molecule has 10 nitrogen and oxygen atoms in total. The fourth-order valence-corrected chi connectivity index (χ4v) is 4.77. The minimum Gasteiger partial charge on any atom is -0.478 e. The van der Waals surface area contributed by atoms with Crippen LogP contribution in [0, 0.1) is 12.8 Å². The summed E-state index contributed by atoms with van der Waals surface area (Å²) in [6, 6.07) is 8.93. The summed E-state index contributed by atoms with van der Waals surface area (Å²) < 4.78 is 39.3. The highest BCUT2D eigenvalue weighted by atomic mass is 32.2. The number of hydrogen-bond acceptors (Lipinski definition) is 9. The molecule has 0 saturated heterocycles. The molecular formula is C24H29N5O5S. The van der Waals surface area contributed by atoms with Crippen molar-refractivity contribution in [2.45, 2.75) is 25.7 Å². The molecular weight excluding hydrogens is 470 g/mol. The lowest BCUT2D eigenvalue weighted by molar-refractivity contribution is 0.143. The van der Waals surface area contributed by atoms with Gasteiger partial charge in [-0.15, -0.1) is 4.31 Å². The number of nitrogens with zero attached hydrogens (tertiary/aromatic N) is 5. The van der Waals surface area contributed by atoms with E-state index in [1.54, 1.807) is 19.1 Å². The van der Waals surface area contributed by atoms with Crippen molar-refractivity contribution in [2.24, 2.45) is 5.92 Å². The first-order valence-corrected chi connectivity index (χ1v) is 12.3. The van der Waals surface area contributed by atoms with Gasteiger partial charge in [0.05, 0.1) is 25.6 Å². The van der Waals surface area contributed by atoms with Crippen LogP contribution in [0.4, 0.5) is 16.3 Å². The van der Waals surface area contributed by atoms with Gasteiger partial charge in [-0.05, 0) is 25.0 Å². The molecule has 1 amide bonds. The van der Waals surface area contributed by atoms with Gasteiger partial charge in [0, 0.05) is 43.3 Å². The Balaban J connectivity index is 2.26. The first-order valence-electron chi connectivity index (χ1n) is 10.9. The van der Waals surface area contributed by atoms with Crippen molar-refractivity contribution >= 4 is 27.6 Å². The molecule has 3 rings (SSSR count). The molecule has 0 bridgehead atoms. The number of methoxy groups -OCH3 is 1. The highest BCUT2D eigenvalue weighted by Gasteiger charge is 2.38. The molecule has 11 heteroatoms. The van der Waals surface area contributed by atoms with Crippen LogP contribution < -0.4 is 13.9 Å². The molecule has 0 aliphatic rings. The van der Waals surface area contributed by atoms with Crippen LogP contribution in [-0.2, 0) is 14.8 Å². The zero-order valence-electron chi connectivity index (χ0n) is 20.6. The van der Waals surface area contributed by atoms with Crippen molar-refractivity contribution in [1.82, 2.24) is 15.0 Å². The largest absolute Gasteiger partial charge is 0.478 e. The zero-order chi connectivity index (χ0) is 25.8. The summed E-state index contributed by atoms with van der Waals surface area (Å²) in [5.74, 6) is -0.452. The van der Waals surface area contributed by atoms with Crippen LogP contribution in [-0.4, -0.2) is 57.3 Å². The normalized spacial score (nSPS) is 11.3. The van der Waals surface area contributed by atoms with Crippen LogP contribution in [0.5, 0.6) is 5.88 Å². The average Bonchev–Trinajstić information content (AvgIpc) is 2.83. The van der Waals surface area contributed by atoms with Gasteiger partial charge in [0.2, 0.25) is 5.82 Å². The van der Waals surface area contributed by atoms with E-state index in [9.17, 15) is 13.2 Å². The van der Waals surface area contributed by atoms with Gasteiger partial charge in [-0.1, -0.05) is 32.0 Å². The van der Waals surface area contributed by atoms with E-state index in [1.165, 1.54) is 25.7 Å². The van der Waals surface area contributed by atoms with E-state index >= 15 is 0 Å². The highest BCUT2D eigenvalue weighted by molar-refractivity contribution is 7.93. The Morgan fingerprint density at radius 1 is 1.09 bits per heavy atom. The zero-order valence-corrected chi connectivity index (χ0v) is 21.4. The summed E-state index contributed by atoms with van der Waals surface area (Å²) in [7, 11) is 0.462. The molecule has 0 fully saturated rings. The fraction of sp³-hybridized carbons (Fsp3) is 0.333. The molecule has 186 valence electrons. The molecule has 0 radical (unpaired) electrons. The third-order valence-corrected chi connectivity index (χ3v) is 6.60. The number of para-hydroxylation sites is 1. The van der Waals surface area contributed by atoms with E-state index in [2.05, 4.69) is 15.0 Å². The van der Waals surface area contributed by atoms with Crippen molar-refractivity contribution in [3.05, 3.63) is 54.6 Å². The van der Waals surface area contributed by atoms with E-state index < -0.39 is 16.1 Å². The monoisotopic (exact) mass is 499 g/mol. The Bertz CT molecular complexity index is 1310. The predicted molar refractivity (Wildman–Crippen MR) is 133 cm³/mol. The molecule has 0 aliphatic heterocycles. The number of hydrogen-bond donors (Lipinski definition) is 0. The van der Waals surface area contributed by atoms with Crippen LogP contribution in [0.2, 0.25) is 0 Å². The van der Waals surface area contributed by atoms with Crippen LogP contribution in [0.3, 0.4) is 0 Å². The number of sulfonamides is 1. The number of anilines is 2. The van der Waals surface area contributed by atoms with E-state index in [-0.39, 0.29) is 29.1 Å². The topological polar surface area (TPSA) is 115 Å². The van der Waals surface area contributed by atoms with Gasteiger partial charge in [0.1, 0.15) is 4.90 Å². The van der Waals surface area contributed by atoms with Gasteiger partial charge in [0.15, 0.2) is 0 Å². The molecule has 3 aromatic rings. The summed E-state index contributed by atoms with van der Waals surface area (Å²) in [4.78, 5) is 27.3. The van der Waals surface area contributed by atoms with E-state index in [1.807, 2.05) is 51.0 Å². The van der Waals surface area contributed by atoms with Gasteiger partial charge in [-0.2, -0.15) is 0 Å². The minimum atomic E-state index is -4.57. The molecule has 0 spiro atoms. The van der Waals surface area contributed by atoms with Crippen molar-refractivity contribution < 1.29 is 22.7 Å². The summed E-state index contributed by atoms with van der Waals surface area (Å²) >= 11 is 0. The number of carbonyl (C=O) groups is 1. The second-order valence-corrected chi connectivity index (χ2v) is 10.1. The maximum absolute atomic E-state index is 14.1. The van der Waals surface area contributed by atoms with Crippen LogP contribution >= 0.6 is 0 Å². The Morgan fingerprint density at radius 3 is 2.46 bits per heavy atom. The number of aryl methyl sites for hydroxylation is 1. The second-order valence-electron chi connectivity index (χ2n) is 8.37. The van der Waals surface area contributed by atoms with E-state index in [0.717, 1.165) is 5.69 Å². The van der Waals surface area contributed by atoms with Crippen LogP contribution in [0.1, 0.15) is 19.5 Å². The Kier molecular flexibility index (Phi) is 7.90. The van der Waals surface area contributed by atoms with Gasteiger partial charge in [-0.25, -0.2) is 23.2 Å². The predicted octanol–water partition coefficient (Wildman–Crippen LogP) is 3.91. The standard InChI is InChI=1S/C24H29N5O5S/c1-16(2)15-34-24(30)29(22-23(33-6)27-17(3)13-26-22)35(31,32)21-14-25-12-11-19(21)18-9-7-8-10-20(18)28(4)5/h7-14,16H,15H2,1-6H3. The Labute approximate surface area is 205 Å². The van der Waals surface area contributed by atoms with E-state index in [4.69, 9.17) is 9.47 Å². The Morgan fingerprint density at radius 2 is 1.80 bits per heavy atom. The van der Waals surface area contributed by atoms with Crippen molar-refractivity contribution in [1.29, 1.82) is 0 Å². The summed E-state index contributed by atoms with van der Waals surface area (Å²) in [5.41, 5.74) is 2.29. The lowest BCUT2D eigenvalue weighted by Gasteiger charge is -2.24. The number of ether oxygens (including phenoxy) is 2. The third kappa shape index (κ3) is 5.51. The lowest BCUT2D eigenvalue weighted by atomic mass is 10.0. The molecule has 0 atom stereocenters. The lowest BCUT2D eigenvalue weighted by Crippen LogP contribution is -2.39. The van der Waals surface area contributed by atoms with Gasteiger partial charge >= 0.3 is 6.09 Å². The SMILES string of the molecule is COc1nc(C)cnc1N(C(=O)OCC(C)C)S(=O)(=O)c1cnccc1-c1ccccc1N(C)C. The number of rotatable bonds is 8. The van der Waals surface area contributed by atoms with Crippen molar-refractivity contribution in [3.8, 4) is 17.0 Å². The number of amides is 1. The number of aromatic nitrogens is 3. The molecule has 0 aliphatic carbocycles. The average molecular weight is 500 g/mol. The summed E-state index contributed by atoms with van der Waals surface area (Å²) in [6.45, 7) is 5.37.